The summed E-state index contributed by atoms with van der Waals surface area (Å²) in [6.45, 7) is 5.95. The molecule has 0 amide bonds. The number of nitrogens with zero attached hydrogens (tertiary/aromatic N) is 6. The summed E-state index contributed by atoms with van der Waals surface area (Å²) >= 11 is 0. The van der Waals surface area contributed by atoms with Gasteiger partial charge >= 0.3 is 0 Å². The van der Waals surface area contributed by atoms with Gasteiger partial charge in [-0.05, 0) is 31.7 Å². The first-order valence-corrected chi connectivity index (χ1v) is 7.69. The third kappa shape index (κ3) is 3.87. The highest BCUT2D eigenvalue weighted by Gasteiger charge is 2.22. The van der Waals surface area contributed by atoms with E-state index in [-0.39, 0.29) is 0 Å². The Balaban J connectivity index is 1.53. The molecular formula is C14H22N6O. The zero-order valence-corrected chi connectivity index (χ0v) is 12.5. The van der Waals surface area contributed by atoms with Crippen LogP contribution in [0.5, 0.6) is 0 Å². The van der Waals surface area contributed by atoms with Gasteiger partial charge in [-0.15, -0.1) is 0 Å². The van der Waals surface area contributed by atoms with E-state index in [1.807, 2.05) is 4.68 Å². The smallest absolute Gasteiger partial charge is 0.240 e. The molecule has 0 unspecified atom stereocenters. The lowest BCUT2D eigenvalue weighted by molar-refractivity contribution is 0.138. The summed E-state index contributed by atoms with van der Waals surface area (Å²) < 4.78 is 7.25. The zero-order chi connectivity index (χ0) is 14.5. The lowest BCUT2D eigenvalue weighted by Crippen LogP contribution is -2.36. The molecule has 0 bridgehead atoms. The van der Waals surface area contributed by atoms with Crippen LogP contribution in [0, 0.1) is 5.92 Å². The topological polar surface area (TPSA) is 72.9 Å². The lowest BCUT2D eigenvalue weighted by atomic mass is 9.98. The third-order valence-electron chi connectivity index (χ3n) is 3.86. The van der Waals surface area contributed by atoms with Crippen LogP contribution in [-0.2, 0) is 19.5 Å². The minimum atomic E-state index is 0.610. The fraction of sp³-hybridized carbons (Fsp3) is 0.714. The number of aromatic nitrogens is 5. The SMILES string of the molecule is CCCc1noc(CN2CCC[C@H](Cn3cncn3)C2)n1. The van der Waals surface area contributed by atoms with E-state index in [9.17, 15) is 0 Å². The first-order chi connectivity index (χ1) is 10.3. The Hall–Kier alpha value is -1.76. The van der Waals surface area contributed by atoms with Crippen molar-refractivity contribution in [3.8, 4) is 0 Å². The average Bonchev–Trinajstić information content (AvgIpc) is 3.12. The van der Waals surface area contributed by atoms with E-state index in [2.05, 4.69) is 32.0 Å². The van der Waals surface area contributed by atoms with E-state index in [0.717, 1.165) is 50.7 Å². The van der Waals surface area contributed by atoms with Crippen LogP contribution >= 0.6 is 0 Å². The standard InChI is InChI=1S/C14H22N6O/c1-2-4-13-17-14(21-18-13)9-19-6-3-5-12(7-19)8-20-11-15-10-16-20/h10-12H,2-9H2,1H3/t12-/m0/s1. The molecule has 3 heterocycles. The van der Waals surface area contributed by atoms with Gasteiger partial charge in [-0.2, -0.15) is 10.1 Å². The number of likely N-dealkylation sites (tertiary alicyclic amines) is 1. The fourth-order valence-corrected chi connectivity index (χ4v) is 2.91. The van der Waals surface area contributed by atoms with Crippen molar-refractivity contribution < 1.29 is 4.52 Å². The van der Waals surface area contributed by atoms with Crippen LogP contribution in [0.15, 0.2) is 17.2 Å². The summed E-state index contributed by atoms with van der Waals surface area (Å²) in [5.74, 6) is 2.17. The third-order valence-corrected chi connectivity index (χ3v) is 3.86. The van der Waals surface area contributed by atoms with E-state index < -0.39 is 0 Å². The number of aryl methyl sites for hydroxylation is 1. The van der Waals surface area contributed by atoms with Gasteiger partial charge in [0.25, 0.3) is 0 Å². The van der Waals surface area contributed by atoms with Crippen LogP contribution in [0.1, 0.15) is 37.9 Å². The van der Waals surface area contributed by atoms with Gasteiger partial charge < -0.3 is 4.52 Å². The molecular weight excluding hydrogens is 268 g/mol. The molecule has 2 aromatic heterocycles. The molecule has 1 aliphatic rings. The highest BCUT2D eigenvalue weighted by Crippen LogP contribution is 2.19. The first kappa shape index (κ1) is 14.2. The largest absolute Gasteiger partial charge is 0.338 e. The summed E-state index contributed by atoms with van der Waals surface area (Å²) in [5, 5.41) is 8.21. The molecule has 3 rings (SSSR count). The van der Waals surface area contributed by atoms with Crippen molar-refractivity contribution in [2.45, 2.75) is 45.7 Å². The maximum atomic E-state index is 5.33. The molecule has 0 spiro atoms. The van der Waals surface area contributed by atoms with Crippen LogP contribution in [-0.4, -0.2) is 42.9 Å². The summed E-state index contributed by atoms with van der Waals surface area (Å²) in [6, 6.07) is 0. The van der Waals surface area contributed by atoms with E-state index in [1.165, 1.54) is 12.8 Å². The van der Waals surface area contributed by atoms with E-state index in [4.69, 9.17) is 4.52 Å². The van der Waals surface area contributed by atoms with Crippen molar-refractivity contribution in [3.63, 3.8) is 0 Å². The number of rotatable bonds is 6. The molecule has 0 radical (unpaired) electrons. The highest BCUT2D eigenvalue weighted by molar-refractivity contribution is 4.87. The van der Waals surface area contributed by atoms with E-state index >= 15 is 0 Å². The summed E-state index contributed by atoms with van der Waals surface area (Å²) in [5.41, 5.74) is 0. The Bertz CT molecular complexity index is 537. The van der Waals surface area contributed by atoms with Crippen molar-refractivity contribution in [2.24, 2.45) is 5.92 Å². The molecule has 0 aromatic carbocycles. The Morgan fingerprint density at radius 1 is 1.43 bits per heavy atom. The molecule has 1 saturated heterocycles. The Morgan fingerprint density at radius 2 is 2.38 bits per heavy atom. The molecule has 0 saturated carbocycles. The predicted octanol–water partition coefficient (Wildman–Crippen LogP) is 1.53. The second kappa shape index (κ2) is 6.80. The minimum Gasteiger partial charge on any atom is -0.338 e. The van der Waals surface area contributed by atoms with Gasteiger partial charge in [0, 0.05) is 19.5 Å². The molecule has 1 fully saturated rings. The molecule has 7 heteroatoms. The summed E-state index contributed by atoms with van der Waals surface area (Å²) in [4.78, 5) is 10.8. The molecule has 114 valence electrons. The quantitative estimate of drug-likeness (QED) is 0.803. The van der Waals surface area contributed by atoms with E-state index in [0.29, 0.717) is 5.92 Å². The maximum Gasteiger partial charge on any atom is 0.240 e. The molecule has 0 N–H and O–H groups in total. The van der Waals surface area contributed by atoms with Gasteiger partial charge in [0.15, 0.2) is 5.82 Å². The van der Waals surface area contributed by atoms with Gasteiger partial charge in [-0.25, -0.2) is 4.98 Å². The maximum absolute atomic E-state index is 5.33. The predicted molar refractivity (Wildman–Crippen MR) is 76.3 cm³/mol. The number of hydrogen-bond acceptors (Lipinski definition) is 6. The Labute approximate surface area is 124 Å². The van der Waals surface area contributed by atoms with Gasteiger partial charge in [0.2, 0.25) is 5.89 Å². The van der Waals surface area contributed by atoms with Crippen LogP contribution in [0.3, 0.4) is 0 Å². The Morgan fingerprint density at radius 3 is 3.19 bits per heavy atom. The summed E-state index contributed by atoms with van der Waals surface area (Å²) in [7, 11) is 0. The molecule has 21 heavy (non-hydrogen) atoms. The van der Waals surface area contributed by atoms with Crippen LogP contribution in [0.2, 0.25) is 0 Å². The second-order valence-electron chi connectivity index (χ2n) is 5.72. The van der Waals surface area contributed by atoms with Crippen LogP contribution < -0.4 is 0 Å². The molecule has 7 nitrogen and oxygen atoms in total. The van der Waals surface area contributed by atoms with Gasteiger partial charge in [-0.1, -0.05) is 12.1 Å². The van der Waals surface area contributed by atoms with Crippen LogP contribution in [0.25, 0.3) is 0 Å². The fourth-order valence-electron chi connectivity index (χ4n) is 2.91. The monoisotopic (exact) mass is 290 g/mol. The van der Waals surface area contributed by atoms with Gasteiger partial charge in [0.1, 0.15) is 12.7 Å². The molecule has 0 aliphatic carbocycles. The minimum absolute atomic E-state index is 0.610. The lowest BCUT2D eigenvalue weighted by Gasteiger charge is -2.31. The van der Waals surface area contributed by atoms with E-state index in [1.54, 1.807) is 12.7 Å². The zero-order valence-electron chi connectivity index (χ0n) is 12.5. The summed E-state index contributed by atoms with van der Waals surface area (Å²) in [6.07, 6.45) is 7.75. The van der Waals surface area contributed by atoms with Crippen molar-refractivity contribution in [1.29, 1.82) is 0 Å². The Kier molecular flexibility index (Phi) is 4.59. The van der Waals surface area contributed by atoms with Crippen molar-refractivity contribution in [3.05, 3.63) is 24.4 Å². The normalized spacial score (nSPS) is 20.0. The van der Waals surface area contributed by atoms with Crippen molar-refractivity contribution >= 4 is 0 Å². The molecule has 1 aliphatic heterocycles. The van der Waals surface area contributed by atoms with Crippen molar-refractivity contribution in [2.75, 3.05) is 13.1 Å². The molecule has 1 atom stereocenters. The second-order valence-corrected chi connectivity index (χ2v) is 5.72. The number of hydrogen-bond donors (Lipinski definition) is 0. The molecule has 2 aromatic rings. The van der Waals surface area contributed by atoms with Crippen LogP contribution in [0.4, 0.5) is 0 Å². The van der Waals surface area contributed by atoms with Gasteiger partial charge in [-0.3, -0.25) is 9.58 Å². The number of piperidine rings is 1. The first-order valence-electron chi connectivity index (χ1n) is 7.69. The highest BCUT2D eigenvalue weighted by atomic mass is 16.5. The average molecular weight is 290 g/mol. The van der Waals surface area contributed by atoms with Crippen molar-refractivity contribution in [1.82, 2.24) is 29.8 Å². The van der Waals surface area contributed by atoms with Gasteiger partial charge in [0.05, 0.1) is 6.54 Å².